The van der Waals surface area contributed by atoms with E-state index in [2.05, 4.69) is 37.6 Å². The maximum absolute atomic E-state index is 13.0. The molecule has 3 aromatic carbocycles. The smallest absolute Gasteiger partial charge is 0.483 e. The third kappa shape index (κ3) is 13.1. The summed E-state index contributed by atoms with van der Waals surface area (Å²) in [6.45, 7) is 9.97. The largest absolute Gasteiger partial charge is 0.515 e. The minimum atomic E-state index is -1.04. The lowest BCUT2D eigenvalue weighted by molar-refractivity contribution is -0.763. The number of ether oxygens (including phenoxy) is 2. The molecule has 50 heavy (non-hydrogen) atoms. The zero-order valence-corrected chi connectivity index (χ0v) is 28.9. The van der Waals surface area contributed by atoms with Gasteiger partial charge in [0.1, 0.15) is 12.4 Å². The molecule has 0 spiro atoms. The Hall–Kier alpha value is -5.70. The van der Waals surface area contributed by atoms with Gasteiger partial charge in [-0.2, -0.15) is 5.12 Å². The number of amides is 1. The summed E-state index contributed by atoms with van der Waals surface area (Å²) in [5.74, 6) is 6.82. The molecule has 1 amide bonds. The Morgan fingerprint density at radius 3 is 2.18 bits per heavy atom. The van der Waals surface area contributed by atoms with Gasteiger partial charge in [-0.3, -0.25) is 9.59 Å². The Morgan fingerprint density at radius 2 is 1.60 bits per heavy atom. The van der Waals surface area contributed by atoms with Gasteiger partial charge in [0.05, 0.1) is 0 Å². The second-order valence-corrected chi connectivity index (χ2v) is 11.5. The van der Waals surface area contributed by atoms with Crippen LogP contribution in [0.2, 0.25) is 0 Å². The molecule has 0 aliphatic rings. The van der Waals surface area contributed by atoms with E-state index in [1.165, 1.54) is 31.2 Å². The van der Waals surface area contributed by atoms with E-state index in [0.717, 1.165) is 34.6 Å². The molecule has 15 heteroatoms. The van der Waals surface area contributed by atoms with Gasteiger partial charge >= 0.3 is 6.16 Å². The molecule has 3 rings (SSSR count). The predicted molar refractivity (Wildman–Crippen MR) is 186 cm³/mol. The maximum Gasteiger partial charge on any atom is 0.515 e. The molecular formula is C35H46N6O9. The average molecular weight is 695 g/mol. The lowest BCUT2D eigenvalue weighted by Gasteiger charge is -2.32. The Labute approximate surface area is 291 Å². The molecule has 15 nitrogen and oxygen atoms in total. The van der Waals surface area contributed by atoms with Gasteiger partial charge in [0.15, 0.2) is 5.84 Å². The van der Waals surface area contributed by atoms with E-state index in [4.69, 9.17) is 31.0 Å². The van der Waals surface area contributed by atoms with Crippen LogP contribution in [-0.2, 0) is 32.3 Å². The van der Waals surface area contributed by atoms with Crippen molar-refractivity contribution in [2.24, 2.45) is 22.6 Å². The fourth-order valence-electron chi connectivity index (χ4n) is 4.59. The summed E-state index contributed by atoms with van der Waals surface area (Å²) < 4.78 is 10.4. The second-order valence-electron chi connectivity index (χ2n) is 11.5. The number of amidine groups is 1. The number of rotatable bonds is 16. The van der Waals surface area contributed by atoms with Crippen molar-refractivity contribution in [3.05, 3.63) is 99.6 Å². The number of unbranched alkanes of at least 4 members (excludes halogenated alkanes) is 1. The molecule has 0 bridgehead atoms. The fourth-order valence-corrected chi connectivity index (χ4v) is 4.59. The van der Waals surface area contributed by atoms with Crippen LogP contribution >= 0.6 is 0 Å². The molecule has 3 aromatic rings. The summed E-state index contributed by atoms with van der Waals surface area (Å²) in [5, 5.41) is 21.5. The minimum absolute atomic E-state index is 0.0991. The predicted octanol–water partition coefficient (Wildman–Crippen LogP) is 5.68. The summed E-state index contributed by atoms with van der Waals surface area (Å²) in [4.78, 5) is 50.3. The van der Waals surface area contributed by atoms with E-state index in [1.807, 2.05) is 53.4 Å². The first-order chi connectivity index (χ1) is 23.8. The number of nitrogens with two attached hydrogens (primary N) is 2. The summed E-state index contributed by atoms with van der Waals surface area (Å²) in [7, 11) is 0. The van der Waals surface area contributed by atoms with Gasteiger partial charge in [0, 0.05) is 24.6 Å². The first-order valence-electron chi connectivity index (χ1n) is 16.0. The van der Waals surface area contributed by atoms with Crippen molar-refractivity contribution in [3.8, 4) is 16.9 Å². The molecule has 5 N–H and O–H groups in total. The van der Waals surface area contributed by atoms with Gasteiger partial charge in [-0.05, 0) is 60.6 Å². The van der Waals surface area contributed by atoms with Crippen LogP contribution in [0.25, 0.3) is 11.1 Å². The Morgan fingerprint density at radius 1 is 1.00 bits per heavy atom. The molecule has 0 radical (unpaired) electrons. The number of carboxylic acid groups (broad SMARTS) is 1. The van der Waals surface area contributed by atoms with E-state index < -0.39 is 17.5 Å². The lowest BCUT2D eigenvalue weighted by Crippen LogP contribution is -2.40. The summed E-state index contributed by atoms with van der Waals surface area (Å²) >= 11 is 0. The van der Waals surface area contributed by atoms with Gasteiger partial charge < -0.3 is 30.1 Å². The number of hydrazone groups is 1. The summed E-state index contributed by atoms with van der Waals surface area (Å²) in [6, 6.07) is 21.5. The van der Waals surface area contributed by atoms with Gasteiger partial charge in [-0.1, -0.05) is 87.9 Å². The third-order valence-corrected chi connectivity index (χ3v) is 7.67. The summed E-state index contributed by atoms with van der Waals surface area (Å²) in [6.07, 6.45) is 0.303. The molecule has 0 saturated carbocycles. The monoisotopic (exact) mass is 694 g/mol. The van der Waals surface area contributed by atoms with Crippen molar-refractivity contribution in [2.75, 3.05) is 0 Å². The third-order valence-electron chi connectivity index (χ3n) is 7.67. The van der Waals surface area contributed by atoms with E-state index in [0.29, 0.717) is 30.0 Å². The Balaban J connectivity index is 0.00000278. The van der Waals surface area contributed by atoms with Crippen molar-refractivity contribution in [1.29, 1.82) is 0 Å². The van der Waals surface area contributed by atoms with Gasteiger partial charge in [-0.25, -0.2) is 10.6 Å². The first kappa shape index (κ1) is 40.5. The van der Waals surface area contributed by atoms with Gasteiger partial charge in [-0.15, -0.1) is 15.2 Å². The van der Waals surface area contributed by atoms with Crippen LogP contribution in [0.4, 0.5) is 4.79 Å². The van der Waals surface area contributed by atoms with Crippen LogP contribution in [-0.4, -0.2) is 56.9 Å². The van der Waals surface area contributed by atoms with Crippen molar-refractivity contribution in [2.45, 2.75) is 79.3 Å². The molecular weight excluding hydrogens is 648 g/mol. The summed E-state index contributed by atoms with van der Waals surface area (Å²) in [5.41, 5.74) is 10.3. The van der Waals surface area contributed by atoms with E-state index in [9.17, 15) is 19.7 Å². The highest BCUT2D eigenvalue weighted by atomic mass is 16.9. The number of carbonyl (C=O) groups excluding carboxylic acids is 2. The van der Waals surface area contributed by atoms with Gasteiger partial charge in [0.2, 0.25) is 12.1 Å². The van der Waals surface area contributed by atoms with E-state index >= 15 is 0 Å². The quantitative estimate of drug-likeness (QED) is 0.0190. The van der Waals surface area contributed by atoms with Crippen LogP contribution in [0.1, 0.15) is 70.6 Å². The molecule has 2 unspecified atom stereocenters. The van der Waals surface area contributed by atoms with Crippen LogP contribution in [0, 0.1) is 16.0 Å². The zero-order chi connectivity index (χ0) is 37.2. The highest BCUT2D eigenvalue weighted by Crippen LogP contribution is 2.26. The Bertz CT molecular complexity index is 1570. The molecule has 0 fully saturated rings. The topological polar surface area (TPSA) is 213 Å². The van der Waals surface area contributed by atoms with Crippen molar-refractivity contribution >= 4 is 24.4 Å². The molecule has 0 aromatic heterocycles. The fraction of sp³-hybridized carbons (Fsp3) is 0.371. The van der Waals surface area contributed by atoms with E-state index in [1.54, 1.807) is 0 Å². The van der Waals surface area contributed by atoms with Crippen molar-refractivity contribution in [1.82, 2.24) is 10.0 Å². The zero-order valence-electron chi connectivity index (χ0n) is 28.9. The minimum Gasteiger partial charge on any atom is -0.483 e. The van der Waals surface area contributed by atoms with E-state index in [-0.39, 0.29) is 36.6 Å². The lowest BCUT2D eigenvalue weighted by atomic mass is 9.97. The molecule has 0 aliphatic carbocycles. The second kappa shape index (κ2) is 20.6. The standard InChI is InChI=1S/C34H44N6O7.CH2O2/c1-6-7-12-32(41)38(24(4)23(2)3)21-26-13-17-28(18-14-26)30-10-8-9-11-31(30)33(35)37-39(36)25(5)46-34(42)47-29-19-15-27(16-20-29)22-45-40(43)44;2-1-3/h8-11,13-20,23-25H,6-7,12,21-22,36H2,1-5H3,(H2,35,37);1H,(H,2,3). The molecule has 270 valence electrons. The highest BCUT2D eigenvalue weighted by Gasteiger charge is 2.23. The van der Waals surface area contributed by atoms with Gasteiger partial charge in [0.25, 0.3) is 11.6 Å². The molecule has 2 atom stereocenters. The number of nitrogens with zero attached hydrogens (tertiary/aromatic N) is 4. The number of benzene rings is 3. The molecule has 0 saturated heterocycles. The van der Waals surface area contributed by atoms with Crippen LogP contribution in [0.3, 0.4) is 0 Å². The first-order valence-corrected chi connectivity index (χ1v) is 16.0. The Kier molecular flexibility index (Phi) is 16.7. The highest BCUT2D eigenvalue weighted by molar-refractivity contribution is 6.03. The normalized spacial score (nSPS) is 12.1. The number of hydrogen-bond acceptors (Lipinski definition) is 11. The number of carbonyl (C=O) groups is 3. The van der Waals surface area contributed by atoms with Crippen molar-refractivity contribution < 1.29 is 38.9 Å². The van der Waals surface area contributed by atoms with Crippen molar-refractivity contribution in [3.63, 3.8) is 0 Å². The maximum atomic E-state index is 13.0. The van der Waals surface area contributed by atoms with Crippen LogP contribution in [0.15, 0.2) is 77.9 Å². The van der Waals surface area contributed by atoms with Crippen LogP contribution < -0.4 is 16.3 Å². The van der Waals surface area contributed by atoms with Crippen LogP contribution in [0.5, 0.6) is 5.75 Å². The number of hydrogen-bond donors (Lipinski definition) is 3. The molecule has 0 heterocycles. The average Bonchev–Trinajstić information content (AvgIpc) is 3.09. The number of hydrazine groups is 1. The SMILES string of the molecule is CCCCC(=O)N(Cc1ccc(-c2ccccc2/C(N)=N/N(N)C(C)OC(=O)Oc2ccc(CO[N+](=O)[O-])cc2)cc1)C(C)C(C)C.O=CO. The molecule has 0 aliphatic heterocycles.